The molecule has 0 radical (unpaired) electrons. The molecule has 2 heterocycles. The van der Waals surface area contributed by atoms with Crippen LogP contribution in [0, 0.1) is 0 Å². The summed E-state index contributed by atoms with van der Waals surface area (Å²) < 4.78 is 0. The summed E-state index contributed by atoms with van der Waals surface area (Å²) in [5.41, 5.74) is 2.82. The number of fused-ring (bicyclic) bond motifs is 1. The lowest BCUT2D eigenvalue weighted by atomic mass is 10.1. The van der Waals surface area contributed by atoms with E-state index < -0.39 is 0 Å². The van der Waals surface area contributed by atoms with Crippen molar-refractivity contribution in [3.63, 3.8) is 0 Å². The molecule has 0 aliphatic carbocycles. The van der Waals surface area contributed by atoms with Gasteiger partial charge in [0.1, 0.15) is 0 Å². The molecule has 4 nitrogen and oxygen atoms in total. The molecule has 0 saturated carbocycles. The lowest BCUT2D eigenvalue weighted by molar-refractivity contribution is -0.122. The fourth-order valence-corrected chi connectivity index (χ4v) is 4.26. The molecule has 0 unspecified atom stereocenters. The average Bonchev–Trinajstić information content (AvgIpc) is 3.34. The number of nitrogens with zero attached hydrogens (tertiary/aromatic N) is 1. The summed E-state index contributed by atoms with van der Waals surface area (Å²) in [6.45, 7) is 1.04. The zero-order chi connectivity index (χ0) is 18.6. The van der Waals surface area contributed by atoms with E-state index in [0.29, 0.717) is 13.1 Å². The largest absolute Gasteiger partial charge is 0.352 e. The third-order valence-electron chi connectivity index (χ3n) is 4.81. The third-order valence-corrected chi connectivity index (χ3v) is 5.78. The van der Waals surface area contributed by atoms with Gasteiger partial charge >= 0.3 is 0 Å². The van der Waals surface area contributed by atoms with E-state index in [4.69, 9.17) is 0 Å². The van der Waals surface area contributed by atoms with Crippen molar-refractivity contribution in [3.8, 4) is 0 Å². The maximum absolute atomic E-state index is 12.9. The number of rotatable bonds is 6. The first-order chi connectivity index (χ1) is 13.2. The molecule has 0 spiro atoms. The monoisotopic (exact) mass is 376 g/mol. The van der Waals surface area contributed by atoms with Gasteiger partial charge in [0.25, 0.3) is 5.91 Å². The molecule has 2 aromatic carbocycles. The molecule has 5 heteroatoms. The van der Waals surface area contributed by atoms with Crippen molar-refractivity contribution in [3.05, 3.63) is 93.7 Å². The van der Waals surface area contributed by atoms with Crippen molar-refractivity contribution in [2.75, 3.05) is 0 Å². The van der Waals surface area contributed by atoms with Gasteiger partial charge in [0, 0.05) is 23.5 Å². The summed E-state index contributed by atoms with van der Waals surface area (Å²) >= 11 is 1.58. The van der Waals surface area contributed by atoms with Crippen molar-refractivity contribution >= 4 is 23.2 Å². The van der Waals surface area contributed by atoms with Crippen LogP contribution in [0.5, 0.6) is 0 Å². The lowest BCUT2D eigenvalue weighted by Gasteiger charge is -2.26. The van der Waals surface area contributed by atoms with Crippen molar-refractivity contribution < 1.29 is 9.59 Å². The van der Waals surface area contributed by atoms with Crippen molar-refractivity contribution in [1.82, 2.24) is 10.2 Å². The number of nitrogens with one attached hydrogen (secondary N) is 1. The Morgan fingerprint density at radius 2 is 1.81 bits per heavy atom. The van der Waals surface area contributed by atoms with Gasteiger partial charge in [-0.05, 0) is 28.6 Å². The van der Waals surface area contributed by atoms with Gasteiger partial charge in [-0.3, -0.25) is 9.59 Å². The first kappa shape index (κ1) is 17.5. The topological polar surface area (TPSA) is 49.4 Å². The number of benzene rings is 2. The zero-order valence-electron chi connectivity index (χ0n) is 14.8. The maximum atomic E-state index is 12.9. The van der Waals surface area contributed by atoms with E-state index in [1.54, 1.807) is 11.3 Å². The predicted octanol–water partition coefficient (Wildman–Crippen LogP) is 4.15. The van der Waals surface area contributed by atoms with E-state index in [2.05, 4.69) is 5.32 Å². The highest BCUT2D eigenvalue weighted by Gasteiger charge is 2.34. The van der Waals surface area contributed by atoms with Crippen LogP contribution >= 0.6 is 11.3 Å². The zero-order valence-corrected chi connectivity index (χ0v) is 15.6. The summed E-state index contributed by atoms with van der Waals surface area (Å²) in [7, 11) is 0. The van der Waals surface area contributed by atoms with Crippen LogP contribution < -0.4 is 5.32 Å². The van der Waals surface area contributed by atoms with E-state index >= 15 is 0 Å². The van der Waals surface area contributed by atoms with Crippen LogP contribution in [0.15, 0.2) is 72.1 Å². The van der Waals surface area contributed by atoms with E-state index in [9.17, 15) is 9.59 Å². The highest BCUT2D eigenvalue weighted by atomic mass is 32.1. The molecule has 1 N–H and O–H groups in total. The minimum atomic E-state index is -0.249. The van der Waals surface area contributed by atoms with Crippen LogP contribution in [0.2, 0.25) is 0 Å². The second kappa shape index (κ2) is 7.76. The highest BCUT2D eigenvalue weighted by Crippen LogP contribution is 2.35. The molecule has 1 aromatic heterocycles. The van der Waals surface area contributed by atoms with E-state index in [-0.39, 0.29) is 24.3 Å². The Balaban J connectivity index is 1.49. The Hall–Kier alpha value is -2.92. The molecule has 0 fully saturated rings. The molecule has 2 amide bonds. The van der Waals surface area contributed by atoms with Crippen molar-refractivity contribution in [2.45, 2.75) is 25.6 Å². The summed E-state index contributed by atoms with van der Waals surface area (Å²) in [5, 5.41) is 4.96. The molecule has 27 heavy (non-hydrogen) atoms. The minimum Gasteiger partial charge on any atom is -0.352 e. The molecule has 3 aromatic rings. The number of amides is 2. The van der Waals surface area contributed by atoms with Gasteiger partial charge in [-0.25, -0.2) is 0 Å². The molecule has 1 atom stereocenters. The fourth-order valence-electron chi connectivity index (χ4n) is 3.42. The number of thiophene rings is 1. The van der Waals surface area contributed by atoms with E-state index in [1.807, 2.05) is 77.0 Å². The van der Waals surface area contributed by atoms with Crippen molar-refractivity contribution in [2.24, 2.45) is 0 Å². The van der Waals surface area contributed by atoms with Crippen LogP contribution in [0.25, 0.3) is 0 Å². The minimum absolute atomic E-state index is 0.000130. The van der Waals surface area contributed by atoms with Gasteiger partial charge in [0.05, 0.1) is 12.5 Å². The normalized spacial score (nSPS) is 14.1. The van der Waals surface area contributed by atoms with Crippen LogP contribution in [0.4, 0.5) is 0 Å². The predicted molar refractivity (Wildman–Crippen MR) is 106 cm³/mol. The van der Waals surface area contributed by atoms with Crippen LogP contribution in [-0.4, -0.2) is 16.7 Å². The van der Waals surface area contributed by atoms with Crippen molar-refractivity contribution in [1.29, 1.82) is 0 Å². The van der Waals surface area contributed by atoms with Gasteiger partial charge in [-0.2, -0.15) is 0 Å². The third kappa shape index (κ3) is 3.78. The fraction of sp³-hybridized carbons (Fsp3) is 0.182. The van der Waals surface area contributed by atoms with Gasteiger partial charge in [0.15, 0.2) is 0 Å². The number of hydrogen-bond acceptors (Lipinski definition) is 3. The van der Waals surface area contributed by atoms with Gasteiger partial charge in [-0.1, -0.05) is 54.6 Å². The summed E-state index contributed by atoms with van der Waals surface area (Å²) in [6, 6.07) is 21.2. The maximum Gasteiger partial charge on any atom is 0.255 e. The van der Waals surface area contributed by atoms with Crippen LogP contribution in [0.3, 0.4) is 0 Å². The number of carbonyl (C=O) groups excluding carboxylic acids is 2. The molecule has 4 rings (SSSR count). The SMILES string of the molecule is O=C(C[C@@H](c1cccs1)N1Cc2ccccc2C1=O)NCc1ccccc1. The van der Waals surface area contributed by atoms with E-state index in [0.717, 1.165) is 21.6 Å². The van der Waals surface area contributed by atoms with E-state index in [1.165, 1.54) is 0 Å². The van der Waals surface area contributed by atoms with Crippen LogP contribution in [0.1, 0.15) is 38.8 Å². The molecule has 0 bridgehead atoms. The Kier molecular flexibility index (Phi) is 5.03. The standard InChI is InChI=1S/C22H20N2O2S/c25-21(23-14-16-7-2-1-3-8-16)13-19(20-11-6-12-27-20)24-15-17-9-4-5-10-18(17)22(24)26/h1-12,19H,13-15H2,(H,23,25)/t19-/m0/s1. The molecule has 1 aliphatic heterocycles. The second-order valence-electron chi connectivity index (χ2n) is 6.59. The highest BCUT2D eigenvalue weighted by molar-refractivity contribution is 7.10. The molecular weight excluding hydrogens is 356 g/mol. The Morgan fingerprint density at radius 1 is 1.04 bits per heavy atom. The summed E-state index contributed by atoms with van der Waals surface area (Å²) in [6.07, 6.45) is 0.257. The number of carbonyl (C=O) groups is 2. The Labute approximate surface area is 162 Å². The first-order valence-corrected chi connectivity index (χ1v) is 9.83. The van der Waals surface area contributed by atoms with Gasteiger partial charge in [-0.15, -0.1) is 11.3 Å². The van der Waals surface area contributed by atoms with Gasteiger partial charge in [0.2, 0.25) is 5.91 Å². The van der Waals surface area contributed by atoms with Crippen LogP contribution in [-0.2, 0) is 17.9 Å². The molecule has 1 aliphatic rings. The number of hydrogen-bond donors (Lipinski definition) is 1. The molecular formula is C22H20N2O2S. The molecule has 0 saturated heterocycles. The lowest BCUT2D eigenvalue weighted by Crippen LogP contribution is -2.33. The quantitative estimate of drug-likeness (QED) is 0.702. The summed E-state index contributed by atoms with van der Waals surface area (Å²) in [4.78, 5) is 28.4. The molecule has 136 valence electrons. The Bertz CT molecular complexity index is 938. The smallest absolute Gasteiger partial charge is 0.255 e. The first-order valence-electron chi connectivity index (χ1n) is 8.95. The summed E-state index contributed by atoms with van der Waals surface area (Å²) in [5.74, 6) is -0.0548. The second-order valence-corrected chi connectivity index (χ2v) is 7.57. The van der Waals surface area contributed by atoms with Gasteiger partial charge < -0.3 is 10.2 Å². The Morgan fingerprint density at radius 3 is 2.56 bits per heavy atom. The average molecular weight is 376 g/mol.